The highest BCUT2D eigenvalue weighted by molar-refractivity contribution is 5.72. The first-order valence-corrected chi connectivity index (χ1v) is 11.6. The molecule has 1 atom stereocenters. The standard InChI is InChI=1S/C30H34/c1-4-5-8-24-15-18-30-28(19-24)21-27(20-26-9-6-7-10-29(26)30)25-16-13-23(14-17-25)12-11-22(2)3/h6-7,9-10,13-19,27H,2,4-5,8,11-12,20-21H2,1,3H3. The summed E-state index contributed by atoms with van der Waals surface area (Å²) >= 11 is 0. The van der Waals surface area contributed by atoms with E-state index in [9.17, 15) is 0 Å². The van der Waals surface area contributed by atoms with Crippen LogP contribution in [0.1, 0.15) is 66.8 Å². The Bertz CT molecular complexity index is 1010. The summed E-state index contributed by atoms with van der Waals surface area (Å²) in [6.45, 7) is 8.43. The molecule has 4 rings (SSSR count). The number of aryl methyl sites for hydroxylation is 2. The smallest absolute Gasteiger partial charge is 0.00806 e. The molecule has 0 nitrogen and oxygen atoms in total. The Morgan fingerprint density at radius 1 is 0.833 bits per heavy atom. The lowest BCUT2D eigenvalue weighted by atomic mass is 9.87. The van der Waals surface area contributed by atoms with Gasteiger partial charge in [0.05, 0.1) is 0 Å². The minimum absolute atomic E-state index is 0.531. The lowest BCUT2D eigenvalue weighted by Crippen LogP contribution is -2.06. The van der Waals surface area contributed by atoms with E-state index < -0.39 is 0 Å². The Hall–Kier alpha value is -2.60. The summed E-state index contributed by atoms with van der Waals surface area (Å²) in [7, 11) is 0. The number of rotatable bonds is 7. The van der Waals surface area contributed by atoms with Crippen LogP contribution < -0.4 is 0 Å². The van der Waals surface area contributed by atoms with Gasteiger partial charge in [0, 0.05) is 0 Å². The highest BCUT2D eigenvalue weighted by Gasteiger charge is 2.22. The van der Waals surface area contributed by atoms with Crippen LogP contribution in [0.25, 0.3) is 11.1 Å². The normalized spacial score (nSPS) is 15.2. The van der Waals surface area contributed by atoms with Crippen LogP contribution in [0.5, 0.6) is 0 Å². The molecule has 0 bridgehead atoms. The maximum absolute atomic E-state index is 4.04. The topological polar surface area (TPSA) is 0 Å². The SMILES string of the molecule is C=C(C)CCc1ccc(C2Cc3ccccc3-c3ccc(CCCC)cc3C2)cc1. The first kappa shape index (κ1) is 20.7. The van der Waals surface area contributed by atoms with Crippen molar-refractivity contribution in [2.75, 3.05) is 0 Å². The van der Waals surface area contributed by atoms with Crippen LogP contribution in [0.3, 0.4) is 0 Å². The lowest BCUT2D eigenvalue weighted by molar-refractivity contribution is 0.687. The van der Waals surface area contributed by atoms with Gasteiger partial charge in [0.25, 0.3) is 0 Å². The first-order chi connectivity index (χ1) is 14.6. The molecule has 0 spiro atoms. The number of hydrogen-bond acceptors (Lipinski definition) is 0. The third-order valence-electron chi connectivity index (χ3n) is 6.52. The maximum Gasteiger partial charge on any atom is -0.00806 e. The van der Waals surface area contributed by atoms with Gasteiger partial charge in [0.1, 0.15) is 0 Å². The summed E-state index contributed by atoms with van der Waals surface area (Å²) in [4.78, 5) is 0. The van der Waals surface area contributed by atoms with E-state index in [1.165, 1.54) is 63.8 Å². The molecule has 0 saturated carbocycles. The Morgan fingerprint density at radius 3 is 2.30 bits per heavy atom. The average Bonchev–Trinajstić information content (AvgIpc) is 2.93. The average molecular weight is 395 g/mol. The maximum atomic E-state index is 4.04. The van der Waals surface area contributed by atoms with E-state index >= 15 is 0 Å². The summed E-state index contributed by atoms with van der Waals surface area (Å²) in [6.07, 6.45) is 8.10. The zero-order chi connectivity index (χ0) is 20.9. The summed E-state index contributed by atoms with van der Waals surface area (Å²) < 4.78 is 0. The van der Waals surface area contributed by atoms with Crippen molar-refractivity contribution in [1.82, 2.24) is 0 Å². The van der Waals surface area contributed by atoms with Crippen LogP contribution in [-0.2, 0) is 25.7 Å². The number of allylic oxidation sites excluding steroid dienone is 1. The van der Waals surface area contributed by atoms with E-state index in [4.69, 9.17) is 0 Å². The molecule has 0 radical (unpaired) electrons. The molecule has 0 heteroatoms. The highest BCUT2D eigenvalue weighted by Crippen LogP contribution is 2.38. The molecule has 1 aliphatic rings. The van der Waals surface area contributed by atoms with Gasteiger partial charge in [-0.3, -0.25) is 0 Å². The monoisotopic (exact) mass is 394 g/mol. The van der Waals surface area contributed by atoms with E-state index in [-0.39, 0.29) is 0 Å². The van der Waals surface area contributed by atoms with Gasteiger partial charge in [0.15, 0.2) is 0 Å². The van der Waals surface area contributed by atoms with Crippen LogP contribution in [-0.4, -0.2) is 0 Å². The van der Waals surface area contributed by atoms with E-state index in [0.29, 0.717) is 5.92 Å². The van der Waals surface area contributed by atoms with Gasteiger partial charge in [-0.2, -0.15) is 0 Å². The fourth-order valence-electron chi connectivity index (χ4n) is 4.73. The van der Waals surface area contributed by atoms with Crippen molar-refractivity contribution >= 4 is 0 Å². The molecule has 0 saturated heterocycles. The van der Waals surface area contributed by atoms with Gasteiger partial charge in [-0.15, -0.1) is 6.58 Å². The van der Waals surface area contributed by atoms with Crippen LogP contribution in [0.4, 0.5) is 0 Å². The number of benzene rings is 3. The van der Waals surface area contributed by atoms with Crippen LogP contribution in [0, 0.1) is 0 Å². The van der Waals surface area contributed by atoms with E-state index in [1.54, 1.807) is 0 Å². The molecule has 154 valence electrons. The fourth-order valence-corrected chi connectivity index (χ4v) is 4.73. The molecule has 0 aromatic heterocycles. The lowest BCUT2D eigenvalue weighted by Gasteiger charge is -2.17. The van der Waals surface area contributed by atoms with Crippen molar-refractivity contribution in [3.63, 3.8) is 0 Å². The zero-order valence-electron chi connectivity index (χ0n) is 18.6. The van der Waals surface area contributed by atoms with Gasteiger partial charge in [-0.1, -0.05) is 85.6 Å². The fraction of sp³-hybridized carbons (Fsp3) is 0.333. The molecule has 3 aromatic carbocycles. The minimum atomic E-state index is 0.531. The number of fused-ring (bicyclic) bond motifs is 3. The second-order valence-corrected chi connectivity index (χ2v) is 9.06. The molecule has 3 aromatic rings. The van der Waals surface area contributed by atoms with E-state index in [2.05, 4.69) is 87.2 Å². The summed E-state index contributed by atoms with van der Waals surface area (Å²) in [5, 5.41) is 0. The van der Waals surface area contributed by atoms with Gasteiger partial charge >= 0.3 is 0 Å². The largest absolute Gasteiger partial charge is 0.100 e. The molecule has 1 aliphatic carbocycles. The van der Waals surface area contributed by atoms with Crippen molar-refractivity contribution < 1.29 is 0 Å². The molecular weight excluding hydrogens is 360 g/mol. The van der Waals surface area contributed by atoms with Crippen molar-refractivity contribution in [1.29, 1.82) is 0 Å². The van der Waals surface area contributed by atoms with E-state index in [0.717, 1.165) is 25.7 Å². The van der Waals surface area contributed by atoms with Crippen molar-refractivity contribution in [3.05, 3.63) is 107 Å². The Labute approximate surface area is 182 Å². The van der Waals surface area contributed by atoms with Crippen LogP contribution in [0.2, 0.25) is 0 Å². The quantitative estimate of drug-likeness (QED) is 0.355. The molecule has 1 unspecified atom stereocenters. The molecule has 0 amide bonds. The number of hydrogen-bond donors (Lipinski definition) is 0. The third-order valence-corrected chi connectivity index (χ3v) is 6.52. The van der Waals surface area contributed by atoms with Gasteiger partial charge in [0.2, 0.25) is 0 Å². The second kappa shape index (κ2) is 9.47. The second-order valence-electron chi connectivity index (χ2n) is 9.06. The van der Waals surface area contributed by atoms with Gasteiger partial charge in [-0.05, 0) is 90.3 Å². The minimum Gasteiger partial charge on any atom is -0.100 e. The van der Waals surface area contributed by atoms with Gasteiger partial charge in [-0.25, -0.2) is 0 Å². The molecule has 0 heterocycles. The highest BCUT2D eigenvalue weighted by atomic mass is 14.3. The Morgan fingerprint density at radius 2 is 1.53 bits per heavy atom. The zero-order valence-corrected chi connectivity index (χ0v) is 18.6. The molecule has 0 N–H and O–H groups in total. The molecule has 30 heavy (non-hydrogen) atoms. The first-order valence-electron chi connectivity index (χ1n) is 11.6. The van der Waals surface area contributed by atoms with E-state index in [1.807, 2.05) is 0 Å². The molecular formula is C30H34. The summed E-state index contributed by atoms with van der Waals surface area (Å²) in [6, 6.07) is 25.6. The Kier molecular flexibility index (Phi) is 6.53. The molecule has 0 fully saturated rings. The third kappa shape index (κ3) is 4.75. The van der Waals surface area contributed by atoms with Crippen LogP contribution >= 0.6 is 0 Å². The molecule has 0 aliphatic heterocycles. The summed E-state index contributed by atoms with van der Waals surface area (Å²) in [5.41, 5.74) is 11.5. The summed E-state index contributed by atoms with van der Waals surface area (Å²) in [5.74, 6) is 0.531. The van der Waals surface area contributed by atoms with Crippen molar-refractivity contribution in [3.8, 4) is 11.1 Å². The predicted molar refractivity (Wildman–Crippen MR) is 130 cm³/mol. The Balaban J connectivity index is 1.65. The predicted octanol–water partition coefficient (Wildman–Crippen LogP) is 8.09. The number of unbranched alkanes of at least 4 members (excludes halogenated alkanes) is 1. The van der Waals surface area contributed by atoms with Crippen LogP contribution in [0.15, 0.2) is 78.9 Å². The van der Waals surface area contributed by atoms with Crippen molar-refractivity contribution in [2.45, 2.75) is 64.7 Å². The van der Waals surface area contributed by atoms with Gasteiger partial charge < -0.3 is 0 Å². The van der Waals surface area contributed by atoms with Crippen molar-refractivity contribution in [2.24, 2.45) is 0 Å².